The Morgan fingerprint density at radius 3 is 2.12 bits per heavy atom. The van der Waals surface area contributed by atoms with Gasteiger partial charge in [-0.15, -0.1) is 0 Å². The number of hydrogen-bond acceptors (Lipinski definition) is 5. The molecule has 148 valence electrons. The fraction of sp³-hybridized carbons (Fsp3) is 0.632. The van der Waals surface area contributed by atoms with E-state index in [2.05, 4.69) is 27.9 Å². The highest BCUT2D eigenvalue weighted by Crippen LogP contribution is 2.38. The second-order valence-electron chi connectivity index (χ2n) is 6.91. The molecule has 0 saturated carbocycles. The molecule has 1 atom stereocenters. The molecule has 0 spiro atoms. The van der Waals surface area contributed by atoms with Crippen LogP contribution in [0.3, 0.4) is 0 Å². The maximum atomic E-state index is 12.2. The fourth-order valence-corrected chi connectivity index (χ4v) is 3.00. The molecule has 1 N–H and O–H groups in total. The predicted molar refractivity (Wildman–Crippen MR) is 111 cm³/mol. The number of methoxy groups -OCH3 is 3. The minimum Gasteiger partial charge on any atom is -0.493 e. The largest absolute Gasteiger partial charge is 0.493 e. The van der Waals surface area contributed by atoms with Crippen molar-refractivity contribution in [3.63, 3.8) is 0 Å². The lowest BCUT2D eigenvalue weighted by molar-refractivity contribution is 0.0501. The van der Waals surface area contributed by atoms with Gasteiger partial charge in [-0.05, 0) is 62.2 Å². The molecule has 1 aromatic carbocycles. The van der Waals surface area contributed by atoms with Gasteiger partial charge in [0.05, 0.1) is 21.3 Å². The van der Waals surface area contributed by atoms with Crippen molar-refractivity contribution in [3.8, 4) is 17.2 Å². The highest BCUT2D eigenvalue weighted by molar-refractivity contribution is 14.1. The summed E-state index contributed by atoms with van der Waals surface area (Å²) < 4.78 is 22.6. The number of ether oxygens (including phenoxy) is 4. The average molecular weight is 479 g/mol. The van der Waals surface area contributed by atoms with Crippen LogP contribution in [-0.4, -0.2) is 43.5 Å². The molecule has 1 unspecified atom stereocenters. The van der Waals surface area contributed by atoms with Gasteiger partial charge in [0.25, 0.3) is 0 Å². The summed E-state index contributed by atoms with van der Waals surface area (Å²) in [5.41, 5.74) is 0.471. The van der Waals surface area contributed by atoms with Crippen molar-refractivity contribution in [1.82, 2.24) is 5.32 Å². The van der Waals surface area contributed by atoms with Gasteiger partial charge in [-0.2, -0.15) is 0 Å². The van der Waals surface area contributed by atoms with Crippen LogP contribution in [0.4, 0.5) is 4.79 Å². The maximum absolute atomic E-state index is 12.2. The van der Waals surface area contributed by atoms with E-state index in [1.165, 1.54) is 0 Å². The number of alkyl carbamates (subject to hydrolysis) is 1. The number of benzene rings is 1. The molecule has 0 aliphatic rings. The lowest BCUT2D eigenvalue weighted by Crippen LogP contribution is -2.40. The van der Waals surface area contributed by atoms with E-state index in [4.69, 9.17) is 18.9 Å². The Morgan fingerprint density at radius 1 is 1.12 bits per heavy atom. The van der Waals surface area contributed by atoms with Gasteiger partial charge in [0.1, 0.15) is 5.60 Å². The molecule has 1 aromatic rings. The monoisotopic (exact) mass is 479 g/mol. The highest BCUT2D eigenvalue weighted by atomic mass is 127. The number of carbonyl (C=O) groups excluding carboxylic acids is 1. The Morgan fingerprint density at radius 2 is 1.69 bits per heavy atom. The summed E-state index contributed by atoms with van der Waals surface area (Å²) in [7, 11) is 4.76. The zero-order chi connectivity index (χ0) is 19.7. The van der Waals surface area contributed by atoms with Gasteiger partial charge < -0.3 is 24.3 Å². The van der Waals surface area contributed by atoms with Crippen molar-refractivity contribution in [1.29, 1.82) is 0 Å². The lowest BCUT2D eigenvalue weighted by atomic mass is 10.0. The van der Waals surface area contributed by atoms with Crippen LogP contribution >= 0.6 is 22.6 Å². The van der Waals surface area contributed by atoms with E-state index in [-0.39, 0.29) is 6.04 Å². The van der Waals surface area contributed by atoms with E-state index >= 15 is 0 Å². The zero-order valence-corrected chi connectivity index (χ0v) is 18.6. The summed E-state index contributed by atoms with van der Waals surface area (Å²) in [5, 5.41) is 2.98. The SMILES string of the molecule is COc1cc(CC(CCCI)NC(=O)OC(C)(C)C)cc(OC)c1OC. The number of hydrogen-bond donors (Lipinski definition) is 1. The van der Waals surface area contributed by atoms with E-state index in [0.717, 1.165) is 22.8 Å². The molecule has 1 amide bonds. The summed E-state index contributed by atoms with van der Waals surface area (Å²) in [6.45, 7) is 5.56. The molecule has 0 fully saturated rings. The first-order chi connectivity index (χ1) is 12.2. The third kappa shape index (κ3) is 7.47. The molecule has 0 bridgehead atoms. The van der Waals surface area contributed by atoms with Crippen molar-refractivity contribution >= 4 is 28.7 Å². The third-order valence-corrected chi connectivity index (χ3v) is 4.38. The topological polar surface area (TPSA) is 66.0 Å². The lowest BCUT2D eigenvalue weighted by Gasteiger charge is -2.24. The van der Waals surface area contributed by atoms with Crippen LogP contribution in [0.25, 0.3) is 0 Å². The van der Waals surface area contributed by atoms with Gasteiger partial charge in [0, 0.05) is 6.04 Å². The van der Waals surface area contributed by atoms with E-state index in [0.29, 0.717) is 23.7 Å². The van der Waals surface area contributed by atoms with Crippen LogP contribution in [-0.2, 0) is 11.2 Å². The molecule has 0 radical (unpaired) electrons. The third-order valence-electron chi connectivity index (χ3n) is 3.61. The van der Waals surface area contributed by atoms with Crippen LogP contribution in [0.2, 0.25) is 0 Å². The number of amides is 1. The summed E-state index contributed by atoms with van der Waals surface area (Å²) in [5.74, 6) is 1.76. The van der Waals surface area contributed by atoms with Crippen LogP contribution in [0, 0.1) is 0 Å². The zero-order valence-electron chi connectivity index (χ0n) is 16.5. The summed E-state index contributed by atoms with van der Waals surface area (Å²) in [6, 6.07) is 3.78. The number of nitrogens with one attached hydrogen (secondary N) is 1. The number of halogens is 1. The van der Waals surface area contributed by atoms with Crippen molar-refractivity contribution in [2.75, 3.05) is 25.8 Å². The Bertz CT molecular complexity index is 561. The van der Waals surface area contributed by atoms with Gasteiger partial charge >= 0.3 is 6.09 Å². The number of alkyl halides is 1. The molecule has 6 nitrogen and oxygen atoms in total. The molecular formula is C19H30INO5. The predicted octanol–water partition coefficient (Wildman–Crippen LogP) is 4.36. The summed E-state index contributed by atoms with van der Waals surface area (Å²) in [6.07, 6.45) is 2.11. The van der Waals surface area contributed by atoms with Gasteiger partial charge in [-0.25, -0.2) is 4.79 Å². The first-order valence-corrected chi connectivity index (χ1v) is 10.1. The van der Waals surface area contributed by atoms with E-state index in [1.807, 2.05) is 32.9 Å². The Hall–Kier alpha value is -1.38. The second-order valence-corrected chi connectivity index (χ2v) is 7.99. The standard InChI is InChI=1S/C19H30INO5/c1-19(2,3)26-18(22)21-14(8-7-9-20)10-13-11-15(23-4)17(25-6)16(12-13)24-5/h11-12,14H,7-10H2,1-6H3,(H,21,22). The van der Waals surface area contributed by atoms with Crippen molar-refractivity contribution in [2.24, 2.45) is 0 Å². The minimum absolute atomic E-state index is 0.0394. The normalized spacial score (nSPS) is 12.3. The van der Waals surface area contributed by atoms with Gasteiger partial charge in [-0.3, -0.25) is 0 Å². The molecule has 7 heteroatoms. The first-order valence-electron chi connectivity index (χ1n) is 8.58. The van der Waals surface area contributed by atoms with Crippen molar-refractivity contribution in [2.45, 2.75) is 51.7 Å². The van der Waals surface area contributed by atoms with Crippen LogP contribution in [0.5, 0.6) is 17.2 Å². The minimum atomic E-state index is -0.523. The fourth-order valence-electron chi connectivity index (χ4n) is 2.56. The maximum Gasteiger partial charge on any atom is 0.407 e. The van der Waals surface area contributed by atoms with Crippen molar-refractivity contribution < 1.29 is 23.7 Å². The van der Waals surface area contributed by atoms with Crippen LogP contribution in [0.1, 0.15) is 39.2 Å². The van der Waals surface area contributed by atoms with Gasteiger partial charge in [0.2, 0.25) is 5.75 Å². The molecule has 1 rings (SSSR count). The molecule has 0 aromatic heterocycles. The Labute approximate surface area is 170 Å². The molecule has 0 aliphatic heterocycles. The molecule has 0 saturated heterocycles. The first kappa shape index (κ1) is 22.7. The Kier molecular flexibility index (Phi) is 9.32. The molecule has 0 heterocycles. The second kappa shape index (κ2) is 10.7. The number of rotatable bonds is 9. The molecule has 26 heavy (non-hydrogen) atoms. The average Bonchev–Trinajstić information content (AvgIpc) is 2.56. The van der Waals surface area contributed by atoms with Crippen LogP contribution < -0.4 is 19.5 Å². The highest BCUT2D eigenvalue weighted by Gasteiger charge is 2.21. The van der Waals surface area contributed by atoms with E-state index < -0.39 is 11.7 Å². The Balaban J connectivity index is 2.98. The van der Waals surface area contributed by atoms with E-state index in [9.17, 15) is 4.79 Å². The summed E-state index contributed by atoms with van der Waals surface area (Å²) in [4.78, 5) is 12.2. The van der Waals surface area contributed by atoms with Crippen molar-refractivity contribution in [3.05, 3.63) is 17.7 Å². The smallest absolute Gasteiger partial charge is 0.407 e. The van der Waals surface area contributed by atoms with Crippen LogP contribution in [0.15, 0.2) is 12.1 Å². The summed E-state index contributed by atoms with van der Waals surface area (Å²) >= 11 is 2.34. The quantitative estimate of drug-likeness (QED) is 0.421. The van der Waals surface area contributed by atoms with Gasteiger partial charge in [-0.1, -0.05) is 22.6 Å². The molecular weight excluding hydrogens is 449 g/mol. The van der Waals surface area contributed by atoms with E-state index in [1.54, 1.807) is 21.3 Å². The molecule has 0 aliphatic carbocycles. The number of carbonyl (C=O) groups is 1. The van der Waals surface area contributed by atoms with Gasteiger partial charge in [0.15, 0.2) is 11.5 Å².